The fourth-order valence-corrected chi connectivity index (χ4v) is 17.1. The predicted molar refractivity (Wildman–Crippen MR) is 457 cm³/mol. The van der Waals surface area contributed by atoms with Gasteiger partial charge in [0.25, 0.3) is 40.1 Å². The van der Waals surface area contributed by atoms with Crippen LogP contribution in [0.3, 0.4) is 0 Å². The molecule has 0 aliphatic carbocycles. The molecule has 614 valence electrons. The van der Waals surface area contributed by atoms with Crippen LogP contribution in [0.2, 0.25) is 35.2 Å². The van der Waals surface area contributed by atoms with Gasteiger partial charge in [-0.2, -0.15) is 0 Å². The molecule has 0 spiro atoms. The zero-order chi connectivity index (χ0) is 86.7. The topological polar surface area (TPSA) is 484 Å². The lowest BCUT2D eigenvalue weighted by Gasteiger charge is -2.13. The lowest BCUT2D eigenvalue weighted by Crippen LogP contribution is -2.18. The van der Waals surface area contributed by atoms with E-state index in [4.69, 9.17) is 81.2 Å². The third kappa shape index (κ3) is 19.3. The van der Waals surface area contributed by atoms with E-state index in [1.165, 1.54) is 141 Å². The highest BCUT2D eigenvalue weighted by Gasteiger charge is 2.31. The number of carbonyl (C=O) groups excluding carboxylic acids is 4. The Bertz CT molecular complexity index is 6880. The average molecular weight is 1840 g/mol. The highest BCUT2D eigenvalue weighted by Crippen LogP contribution is 2.34. The predicted octanol–water partition coefficient (Wildman–Crippen LogP) is 15.4. The average Bonchev–Trinajstić information content (AvgIpc) is 1.67. The summed E-state index contributed by atoms with van der Waals surface area (Å²) in [4.78, 5) is 117. The number of carbonyl (C=O) groups is 4. The van der Waals surface area contributed by atoms with Crippen LogP contribution in [0.15, 0.2) is 204 Å². The van der Waals surface area contributed by atoms with E-state index < -0.39 is 63.2 Å². The SMILES string of the molecule is Cc1cc(S(=O)(=O)Nc2cc(Cl)cnc2C(=O)c2ncnc3[nH]ccc23)ccc1Cl.Cc1cc(S(=O)(=O)Nc2cc(Cl)cnc2C(=O)c2ncnc3nc[nH]c23)ccc1Cl.Cc1cnc(C(=O)c2nc(C)nc3[nH]ccc23)c(NS(=O)(=O)c2ccc(Cl)c(C)c2)c1.Cc1cnc(C(=O)c2ncnc3[nH]ccc23)c(NS(=O)(=O)c2ccc(Cl)c(Cl)c2)c1. The van der Waals surface area contributed by atoms with Crippen molar-refractivity contribution >= 4 is 211 Å². The van der Waals surface area contributed by atoms with Gasteiger partial charge in [0, 0.05) is 74.6 Å². The molecule has 12 heterocycles. The monoisotopic (exact) mass is 1840 g/mol. The number of benzene rings is 4. The number of aromatic amines is 4. The van der Waals surface area contributed by atoms with E-state index in [1.54, 1.807) is 84.4 Å². The molecule has 0 bridgehead atoms. The Morgan fingerprint density at radius 2 is 0.661 bits per heavy atom. The molecular weight excluding hydrogens is 1790 g/mol. The molecule has 0 aliphatic rings. The summed E-state index contributed by atoms with van der Waals surface area (Å²) in [6, 6.07) is 27.5. The summed E-state index contributed by atoms with van der Waals surface area (Å²) < 4.78 is 113. The summed E-state index contributed by atoms with van der Waals surface area (Å²) in [7, 11) is -16.1. The lowest BCUT2D eigenvalue weighted by atomic mass is 10.1. The first-order valence-electron chi connectivity index (χ1n) is 34.7. The van der Waals surface area contributed by atoms with E-state index in [2.05, 4.69) is 104 Å². The van der Waals surface area contributed by atoms with Crippen molar-refractivity contribution in [2.75, 3.05) is 18.9 Å². The van der Waals surface area contributed by atoms with Crippen molar-refractivity contribution in [3.63, 3.8) is 0 Å². The number of nitrogens with zero attached hydrogens (tertiary/aromatic N) is 13. The number of ketones is 4. The standard InChI is InChI=1S/C21H18ClN5O3S.2C19H13Cl2N5O3S.C18H12Cl2N6O3S/c1-11-8-17(27-31(29,30)14-4-5-16(22)12(2)9-14)19(24-10-11)20(28)18-15-6-7-23-21(15)26-13(3)25-18;1-10-6-12(2-3-14(10)21)30(28,29)26-15-7-11(20)8-23-17(15)18(27)16-13-4-5-22-19(13)25-9-24-16;1-10-6-15(26-30(28,29)11-2-3-13(20)14(21)7-11)17(23-8-10)18(27)16-12-4-5-22-19(12)25-9-24-16;1-9-4-11(2-3-12(9)20)30(28,29)26-13-5-10(19)6-21-14(13)17(27)15-16-18(24-7-22-15)25-8-23-16/h4-10,27H,1-3H3,(H,23,25,26);2*2-9,26H,1H3,(H,22,24,25);2-8,26H,1H3,(H,22,23,24,25). The van der Waals surface area contributed by atoms with Gasteiger partial charge >= 0.3 is 0 Å². The van der Waals surface area contributed by atoms with Gasteiger partial charge < -0.3 is 19.9 Å². The van der Waals surface area contributed by atoms with E-state index in [0.717, 1.165) is 0 Å². The van der Waals surface area contributed by atoms with E-state index in [9.17, 15) is 52.8 Å². The fraction of sp³-hybridized carbons (Fsp3) is 0.0779. The van der Waals surface area contributed by atoms with Crippen LogP contribution < -0.4 is 18.9 Å². The molecule has 8 N–H and O–H groups in total. The van der Waals surface area contributed by atoms with Crippen molar-refractivity contribution in [3.05, 3.63) is 298 Å². The number of hydrogen-bond donors (Lipinski definition) is 8. The first-order valence-corrected chi connectivity index (χ1v) is 43.3. The number of aromatic nitrogens is 17. The molecule has 12 aromatic heterocycles. The molecule has 0 saturated heterocycles. The number of pyridine rings is 4. The van der Waals surface area contributed by atoms with Crippen molar-refractivity contribution in [1.29, 1.82) is 0 Å². The molecule has 33 nitrogen and oxygen atoms in total. The molecule has 0 fully saturated rings. The molecule has 4 aromatic carbocycles. The number of imidazole rings is 1. The second-order valence-corrected chi connectivity index (χ2v) is 35.7. The van der Waals surface area contributed by atoms with Gasteiger partial charge in [0.1, 0.15) is 92.8 Å². The summed E-state index contributed by atoms with van der Waals surface area (Å²) >= 11 is 41.8. The number of aryl methyl sites for hydroxylation is 6. The van der Waals surface area contributed by atoms with Gasteiger partial charge in [-0.3, -0.25) is 48.0 Å². The maximum atomic E-state index is 13.3. The van der Waals surface area contributed by atoms with Crippen molar-refractivity contribution in [2.45, 2.75) is 61.1 Å². The van der Waals surface area contributed by atoms with E-state index in [1.807, 2.05) is 0 Å². The fourth-order valence-electron chi connectivity index (χ4n) is 11.6. The van der Waals surface area contributed by atoms with Gasteiger partial charge in [-0.05, 0) is 185 Å². The zero-order valence-corrected chi connectivity index (χ0v) is 71.4. The van der Waals surface area contributed by atoms with Crippen LogP contribution in [0, 0.1) is 41.5 Å². The van der Waals surface area contributed by atoms with Crippen LogP contribution in [0.25, 0.3) is 44.3 Å². The van der Waals surface area contributed by atoms with Gasteiger partial charge in [-0.15, -0.1) is 0 Å². The molecule has 0 aliphatic heterocycles. The summed E-state index contributed by atoms with van der Waals surface area (Å²) in [5, 5.41) is 3.47. The van der Waals surface area contributed by atoms with Gasteiger partial charge in [0.2, 0.25) is 23.1 Å². The maximum absolute atomic E-state index is 13.3. The van der Waals surface area contributed by atoms with Crippen LogP contribution in [-0.2, 0) is 40.1 Å². The Morgan fingerprint density at radius 3 is 1.07 bits per heavy atom. The Morgan fingerprint density at radius 1 is 0.314 bits per heavy atom. The van der Waals surface area contributed by atoms with Crippen LogP contribution in [0.5, 0.6) is 0 Å². The second-order valence-electron chi connectivity index (χ2n) is 26.1. The van der Waals surface area contributed by atoms with E-state index >= 15 is 0 Å². The maximum Gasteiger partial charge on any atom is 0.262 e. The highest BCUT2D eigenvalue weighted by molar-refractivity contribution is 7.93. The van der Waals surface area contributed by atoms with Gasteiger partial charge in [-0.1, -0.05) is 81.2 Å². The molecule has 0 radical (unpaired) electrons. The third-order valence-electron chi connectivity index (χ3n) is 17.4. The van der Waals surface area contributed by atoms with Crippen LogP contribution in [0.4, 0.5) is 22.7 Å². The normalized spacial score (nSPS) is 11.6. The van der Waals surface area contributed by atoms with Crippen LogP contribution >= 0.6 is 81.2 Å². The largest absolute Gasteiger partial charge is 0.346 e. The van der Waals surface area contributed by atoms with Crippen molar-refractivity contribution in [3.8, 4) is 0 Å². The quantitative estimate of drug-likeness (QED) is 0.0329. The van der Waals surface area contributed by atoms with Crippen molar-refractivity contribution in [2.24, 2.45) is 0 Å². The Kier molecular flexibility index (Phi) is 25.4. The minimum absolute atomic E-state index is 0.00453. The highest BCUT2D eigenvalue weighted by atomic mass is 35.5. The number of fused-ring (bicyclic) bond motifs is 4. The van der Waals surface area contributed by atoms with Crippen molar-refractivity contribution in [1.82, 2.24) is 84.7 Å². The smallest absolute Gasteiger partial charge is 0.262 e. The Balaban J connectivity index is 0.000000139. The summed E-state index contributed by atoms with van der Waals surface area (Å²) in [5.74, 6) is -1.87. The first-order chi connectivity index (χ1) is 57.4. The second kappa shape index (κ2) is 35.5. The minimum Gasteiger partial charge on any atom is -0.346 e. The number of halogens is 7. The van der Waals surface area contributed by atoms with E-state index in [0.29, 0.717) is 93.0 Å². The van der Waals surface area contributed by atoms with Gasteiger partial charge in [0.15, 0.2) is 5.65 Å². The summed E-state index contributed by atoms with van der Waals surface area (Å²) in [5.41, 5.74) is 5.00. The molecule has 44 heteroatoms. The molecule has 0 unspecified atom stereocenters. The number of sulfonamides is 4. The molecular formula is C77H56Cl7N21O12S4. The number of nitrogens with one attached hydrogen (secondary N) is 8. The van der Waals surface area contributed by atoms with Gasteiger partial charge in [-0.25, -0.2) is 88.5 Å². The molecule has 0 saturated carbocycles. The van der Waals surface area contributed by atoms with E-state index in [-0.39, 0.29) is 108 Å². The zero-order valence-electron chi connectivity index (χ0n) is 62.8. The minimum atomic E-state index is -4.06. The number of H-pyrrole nitrogens is 4. The number of anilines is 4. The summed E-state index contributed by atoms with van der Waals surface area (Å²) in [6.07, 6.45) is 15.4. The van der Waals surface area contributed by atoms with Crippen molar-refractivity contribution < 1.29 is 52.8 Å². The molecule has 16 aromatic rings. The Labute approximate surface area is 721 Å². The Hall–Kier alpha value is -12.4. The molecule has 16 rings (SSSR count). The van der Waals surface area contributed by atoms with Crippen LogP contribution in [-0.4, -0.2) is 142 Å². The number of hydrogen-bond acceptors (Lipinski definition) is 25. The summed E-state index contributed by atoms with van der Waals surface area (Å²) in [6.45, 7) is 10.2. The lowest BCUT2D eigenvalue weighted by molar-refractivity contribution is 0.102. The molecule has 0 amide bonds. The van der Waals surface area contributed by atoms with Crippen LogP contribution in [0.1, 0.15) is 98.4 Å². The number of rotatable bonds is 20. The first kappa shape index (κ1) is 86.4. The molecule has 0 atom stereocenters. The molecule has 121 heavy (non-hydrogen) atoms. The third-order valence-corrected chi connectivity index (χ3v) is 25.3. The van der Waals surface area contributed by atoms with Gasteiger partial charge in [0.05, 0.1) is 68.7 Å².